The van der Waals surface area contributed by atoms with Gasteiger partial charge in [-0.15, -0.1) is 0 Å². The van der Waals surface area contributed by atoms with E-state index >= 15 is 0 Å². The van der Waals surface area contributed by atoms with E-state index in [1.165, 1.54) is 4.68 Å². The molecule has 0 aliphatic rings. The quantitative estimate of drug-likeness (QED) is 0.660. The van der Waals surface area contributed by atoms with Crippen molar-refractivity contribution < 1.29 is 4.39 Å². The minimum atomic E-state index is -0.309. The number of nitrogens with zero attached hydrogens (tertiary/aromatic N) is 2. The Labute approximate surface area is 92.8 Å². The standard InChI is InChI=1S/C7H9BrFIN2/c1-7(2,3)12-6(9)4(10)5(8)11-12/h1-3H3. The van der Waals surface area contributed by atoms with Crippen LogP contribution in [0.2, 0.25) is 0 Å². The molecule has 0 aliphatic carbocycles. The van der Waals surface area contributed by atoms with Gasteiger partial charge < -0.3 is 0 Å². The average Bonchev–Trinajstić information content (AvgIpc) is 2.15. The fourth-order valence-electron chi connectivity index (χ4n) is 0.798. The van der Waals surface area contributed by atoms with Gasteiger partial charge in [0.25, 0.3) is 0 Å². The van der Waals surface area contributed by atoms with Gasteiger partial charge in [0.2, 0.25) is 5.95 Å². The van der Waals surface area contributed by atoms with E-state index in [1.54, 1.807) is 0 Å². The monoisotopic (exact) mass is 346 g/mol. The third-order valence-electron chi connectivity index (χ3n) is 1.37. The SMILES string of the molecule is CC(C)(C)n1nc(Br)c(I)c1F. The maximum atomic E-state index is 13.4. The molecule has 68 valence electrons. The minimum absolute atomic E-state index is 0.282. The first-order valence-corrected chi connectivity index (χ1v) is 5.31. The maximum absolute atomic E-state index is 13.4. The zero-order chi connectivity index (χ0) is 9.52. The molecular formula is C7H9BrFIN2. The molecule has 0 saturated carbocycles. The first-order valence-electron chi connectivity index (χ1n) is 3.44. The molecule has 0 saturated heterocycles. The highest BCUT2D eigenvalue weighted by Crippen LogP contribution is 2.25. The van der Waals surface area contributed by atoms with Crippen molar-refractivity contribution in [1.82, 2.24) is 9.78 Å². The van der Waals surface area contributed by atoms with E-state index in [2.05, 4.69) is 21.0 Å². The van der Waals surface area contributed by atoms with Gasteiger partial charge in [-0.1, -0.05) is 0 Å². The zero-order valence-electron chi connectivity index (χ0n) is 7.03. The van der Waals surface area contributed by atoms with Gasteiger partial charge in [0.05, 0.1) is 5.54 Å². The highest BCUT2D eigenvalue weighted by atomic mass is 127. The van der Waals surface area contributed by atoms with Gasteiger partial charge in [-0.25, -0.2) is 4.68 Å². The third-order valence-corrected chi connectivity index (χ3v) is 3.62. The Morgan fingerprint density at radius 1 is 1.50 bits per heavy atom. The topological polar surface area (TPSA) is 17.8 Å². The van der Waals surface area contributed by atoms with Crippen molar-refractivity contribution in [3.8, 4) is 0 Å². The lowest BCUT2D eigenvalue weighted by atomic mass is 10.1. The summed E-state index contributed by atoms with van der Waals surface area (Å²) >= 11 is 5.10. The van der Waals surface area contributed by atoms with Gasteiger partial charge in [-0.2, -0.15) is 9.49 Å². The number of hydrogen-bond acceptors (Lipinski definition) is 1. The van der Waals surface area contributed by atoms with Gasteiger partial charge in [0.1, 0.15) is 8.17 Å². The second-order valence-corrected chi connectivity index (χ2v) is 5.31. The minimum Gasteiger partial charge on any atom is -0.232 e. The van der Waals surface area contributed by atoms with Crippen molar-refractivity contribution in [1.29, 1.82) is 0 Å². The molecule has 0 fully saturated rings. The molecule has 5 heteroatoms. The van der Waals surface area contributed by atoms with Crippen LogP contribution in [0.5, 0.6) is 0 Å². The molecule has 0 atom stereocenters. The molecule has 2 nitrogen and oxygen atoms in total. The second-order valence-electron chi connectivity index (χ2n) is 3.48. The number of rotatable bonds is 0. The molecule has 0 amide bonds. The second kappa shape index (κ2) is 3.25. The number of halogens is 3. The van der Waals surface area contributed by atoms with Crippen LogP contribution in [0.15, 0.2) is 4.60 Å². The largest absolute Gasteiger partial charge is 0.232 e. The molecule has 0 unspecified atom stereocenters. The molecule has 0 radical (unpaired) electrons. The summed E-state index contributed by atoms with van der Waals surface area (Å²) < 4.78 is 15.9. The summed E-state index contributed by atoms with van der Waals surface area (Å²) in [6.07, 6.45) is 0. The van der Waals surface area contributed by atoms with Crippen molar-refractivity contribution in [2.75, 3.05) is 0 Å². The Balaban J connectivity index is 3.28. The first kappa shape index (κ1) is 10.4. The van der Waals surface area contributed by atoms with Crippen LogP contribution < -0.4 is 0 Å². The van der Waals surface area contributed by atoms with Crippen molar-refractivity contribution in [2.24, 2.45) is 0 Å². The zero-order valence-corrected chi connectivity index (χ0v) is 10.8. The molecule has 1 aromatic rings. The van der Waals surface area contributed by atoms with Crippen LogP contribution in [0.4, 0.5) is 4.39 Å². The first-order chi connectivity index (χ1) is 5.34. The number of hydrogen-bond donors (Lipinski definition) is 0. The Bertz CT molecular complexity index is 303. The fourth-order valence-corrected chi connectivity index (χ4v) is 1.46. The molecule has 0 aromatic carbocycles. The predicted octanol–water partition coefficient (Wildman–Crippen LogP) is 3.14. The normalized spacial score (nSPS) is 12.2. The summed E-state index contributed by atoms with van der Waals surface area (Å²) in [5.41, 5.74) is -0.309. The molecule has 0 N–H and O–H groups in total. The molecular weight excluding hydrogens is 338 g/mol. The molecule has 1 rings (SSSR count). The van der Waals surface area contributed by atoms with Crippen LogP contribution in [0.25, 0.3) is 0 Å². The molecule has 0 bridgehead atoms. The van der Waals surface area contributed by atoms with Gasteiger partial charge >= 0.3 is 0 Å². The van der Waals surface area contributed by atoms with E-state index in [4.69, 9.17) is 0 Å². The van der Waals surface area contributed by atoms with Crippen molar-refractivity contribution >= 4 is 38.5 Å². The van der Waals surface area contributed by atoms with Crippen molar-refractivity contribution in [3.05, 3.63) is 14.1 Å². The van der Waals surface area contributed by atoms with E-state index in [0.717, 1.165) is 0 Å². The van der Waals surface area contributed by atoms with Crippen LogP contribution >= 0.6 is 38.5 Å². The van der Waals surface area contributed by atoms with Gasteiger partial charge in [-0.3, -0.25) is 0 Å². The van der Waals surface area contributed by atoms with E-state index in [9.17, 15) is 4.39 Å². The summed E-state index contributed by atoms with van der Waals surface area (Å²) in [7, 11) is 0. The Kier molecular flexibility index (Phi) is 2.82. The summed E-state index contributed by atoms with van der Waals surface area (Å²) in [6.45, 7) is 5.72. The van der Waals surface area contributed by atoms with E-state index < -0.39 is 0 Å². The summed E-state index contributed by atoms with van der Waals surface area (Å²) in [4.78, 5) is 0. The Morgan fingerprint density at radius 2 is 2.00 bits per heavy atom. The van der Waals surface area contributed by atoms with Crippen molar-refractivity contribution in [2.45, 2.75) is 26.3 Å². The molecule has 0 spiro atoms. The third kappa shape index (κ3) is 1.81. The Hall–Kier alpha value is 0.350. The van der Waals surface area contributed by atoms with E-state index in [1.807, 2.05) is 43.4 Å². The summed E-state index contributed by atoms with van der Waals surface area (Å²) in [6, 6.07) is 0. The predicted molar refractivity (Wildman–Crippen MR) is 57.6 cm³/mol. The smallest absolute Gasteiger partial charge is 0.226 e. The van der Waals surface area contributed by atoms with Crippen LogP contribution in [-0.2, 0) is 5.54 Å². The Morgan fingerprint density at radius 3 is 2.17 bits per heavy atom. The lowest BCUT2D eigenvalue weighted by Gasteiger charge is -2.19. The summed E-state index contributed by atoms with van der Waals surface area (Å²) in [5.74, 6) is -0.282. The summed E-state index contributed by atoms with van der Waals surface area (Å²) in [5, 5.41) is 4.03. The van der Waals surface area contributed by atoms with Crippen LogP contribution in [0.1, 0.15) is 20.8 Å². The van der Waals surface area contributed by atoms with Crippen molar-refractivity contribution in [3.63, 3.8) is 0 Å². The van der Waals surface area contributed by atoms with Crippen LogP contribution in [0.3, 0.4) is 0 Å². The fraction of sp³-hybridized carbons (Fsp3) is 0.571. The molecule has 0 aliphatic heterocycles. The highest BCUT2D eigenvalue weighted by Gasteiger charge is 2.22. The maximum Gasteiger partial charge on any atom is 0.226 e. The van der Waals surface area contributed by atoms with Crippen LogP contribution in [0, 0.1) is 9.52 Å². The van der Waals surface area contributed by atoms with Gasteiger partial charge in [0.15, 0.2) is 0 Å². The lowest BCUT2D eigenvalue weighted by molar-refractivity contribution is 0.297. The average molecular weight is 347 g/mol. The van der Waals surface area contributed by atoms with Crippen LogP contribution in [-0.4, -0.2) is 9.78 Å². The molecule has 1 heterocycles. The highest BCUT2D eigenvalue weighted by molar-refractivity contribution is 14.1. The van der Waals surface area contributed by atoms with E-state index in [-0.39, 0.29) is 11.5 Å². The molecule has 1 aromatic heterocycles. The molecule has 12 heavy (non-hydrogen) atoms. The lowest BCUT2D eigenvalue weighted by Crippen LogP contribution is -2.24. The van der Waals surface area contributed by atoms with Gasteiger partial charge in [0, 0.05) is 0 Å². The number of aromatic nitrogens is 2. The van der Waals surface area contributed by atoms with Gasteiger partial charge in [-0.05, 0) is 59.3 Å². The van der Waals surface area contributed by atoms with E-state index in [0.29, 0.717) is 8.17 Å².